The van der Waals surface area contributed by atoms with Crippen molar-refractivity contribution in [3.8, 4) is 11.3 Å². The highest BCUT2D eigenvalue weighted by Crippen LogP contribution is 2.31. The molecular formula is C24H24N6O. The molecule has 2 heterocycles. The van der Waals surface area contributed by atoms with Crippen LogP contribution in [0.3, 0.4) is 0 Å². The van der Waals surface area contributed by atoms with E-state index in [9.17, 15) is 4.79 Å². The maximum atomic E-state index is 12.6. The van der Waals surface area contributed by atoms with Crippen molar-refractivity contribution < 1.29 is 4.79 Å². The molecule has 0 saturated heterocycles. The van der Waals surface area contributed by atoms with Gasteiger partial charge in [-0.2, -0.15) is 0 Å². The van der Waals surface area contributed by atoms with Crippen LogP contribution in [0.1, 0.15) is 29.6 Å². The number of carbonyl (C=O) groups excluding carboxylic acids is 1. The number of aromatic nitrogens is 4. The smallest absolute Gasteiger partial charge is 0.251 e. The van der Waals surface area contributed by atoms with Crippen molar-refractivity contribution in [3.63, 3.8) is 0 Å². The van der Waals surface area contributed by atoms with E-state index in [1.54, 1.807) is 12.5 Å². The molecule has 5 rings (SSSR count). The van der Waals surface area contributed by atoms with Crippen molar-refractivity contribution in [2.24, 2.45) is 0 Å². The molecule has 1 fully saturated rings. The number of nitrogens with zero attached hydrogens (tertiary/aromatic N) is 4. The van der Waals surface area contributed by atoms with E-state index in [4.69, 9.17) is 9.97 Å². The molecule has 1 aliphatic carbocycles. The molecule has 0 bridgehead atoms. The number of carbonyl (C=O) groups is 1. The van der Waals surface area contributed by atoms with E-state index in [1.165, 1.54) is 0 Å². The molecule has 1 amide bonds. The fourth-order valence-corrected chi connectivity index (χ4v) is 3.50. The Morgan fingerprint density at radius 3 is 2.71 bits per heavy atom. The van der Waals surface area contributed by atoms with Gasteiger partial charge in [0.1, 0.15) is 5.69 Å². The van der Waals surface area contributed by atoms with Crippen molar-refractivity contribution >= 4 is 22.8 Å². The molecule has 7 nitrogen and oxygen atoms in total. The lowest BCUT2D eigenvalue weighted by molar-refractivity contribution is 0.0953. The molecule has 156 valence electrons. The van der Waals surface area contributed by atoms with E-state index in [0.29, 0.717) is 23.7 Å². The second kappa shape index (κ2) is 8.55. The van der Waals surface area contributed by atoms with Gasteiger partial charge in [-0.25, -0.2) is 15.0 Å². The minimum Gasteiger partial charge on any atom is -0.366 e. The van der Waals surface area contributed by atoms with Gasteiger partial charge >= 0.3 is 0 Å². The Bertz CT molecular complexity index is 1190. The summed E-state index contributed by atoms with van der Waals surface area (Å²) in [6.07, 6.45) is 8.59. The Morgan fingerprint density at radius 1 is 1.06 bits per heavy atom. The summed E-state index contributed by atoms with van der Waals surface area (Å²) in [5.41, 5.74) is 3.96. The van der Waals surface area contributed by atoms with Gasteiger partial charge in [-0.05, 0) is 37.5 Å². The lowest BCUT2D eigenvalue weighted by Gasteiger charge is -2.12. The largest absolute Gasteiger partial charge is 0.366 e. The van der Waals surface area contributed by atoms with Crippen molar-refractivity contribution in [2.75, 3.05) is 11.9 Å². The summed E-state index contributed by atoms with van der Waals surface area (Å²) in [6.45, 7) is 1.42. The van der Waals surface area contributed by atoms with Crippen molar-refractivity contribution in [1.82, 2.24) is 24.8 Å². The number of anilines is 1. The summed E-state index contributed by atoms with van der Waals surface area (Å²) in [7, 11) is 0. The van der Waals surface area contributed by atoms with Gasteiger partial charge in [-0.3, -0.25) is 4.79 Å². The van der Waals surface area contributed by atoms with Crippen LogP contribution < -0.4 is 10.6 Å². The summed E-state index contributed by atoms with van der Waals surface area (Å²) in [5, 5.41) is 6.48. The highest BCUT2D eigenvalue weighted by Gasteiger charge is 2.24. The van der Waals surface area contributed by atoms with Crippen molar-refractivity contribution in [1.29, 1.82) is 0 Å². The number of rotatable bonds is 8. The van der Waals surface area contributed by atoms with Gasteiger partial charge in [0.15, 0.2) is 5.82 Å². The fraction of sp³-hybridized carbons (Fsp3) is 0.250. The first-order valence-corrected chi connectivity index (χ1v) is 10.6. The van der Waals surface area contributed by atoms with E-state index in [2.05, 4.69) is 15.6 Å². The van der Waals surface area contributed by atoms with Gasteiger partial charge < -0.3 is 15.2 Å². The van der Waals surface area contributed by atoms with Crippen LogP contribution in [0, 0.1) is 0 Å². The molecule has 0 radical (unpaired) electrons. The standard InChI is InChI=1S/C24H24N6O/c31-24(26-11-4-13-30-14-12-25-16-30)18-7-10-20-21(15-18)29-23(27-19-8-9-19)22(28-20)17-5-2-1-3-6-17/h1-3,5-7,10,12,14-16,19H,4,8-9,11,13H2,(H,26,31)(H,27,29). The minimum atomic E-state index is -0.0989. The van der Waals surface area contributed by atoms with Crippen LogP contribution in [0.2, 0.25) is 0 Å². The van der Waals surface area contributed by atoms with E-state index < -0.39 is 0 Å². The number of amides is 1. The minimum absolute atomic E-state index is 0.0989. The zero-order chi connectivity index (χ0) is 21.0. The van der Waals surface area contributed by atoms with Crippen LogP contribution >= 0.6 is 0 Å². The van der Waals surface area contributed by atoms with Crippen LogP contribution in [0.25, 0.3) is 22.3 Å². The Balaban J connectivity index is 1.35. The van der Waals surface area contributed by atoms with E-state index in [0.717, 1.165) is 48.4 Å². The summed E-state index contributed by atoms with van der Waals surface area (Å²) < 4.78 is 2.00. The Hall–Kier alpha value is -3.74. The molecule has 31 heavy (non-hydrogen) atoms. The number of fused-ring (bicyclic) bond motifs is 1. The molecular weight excluding hydrogens is 388 g/mol. The second-order valence-corrected chi connectivity index (χ2v) is 7.82. The summed E-state index contributed by atoms with van der Waals surface area (Å²) in [5.74, 6) is 0.678. The maximum absolute atomic E-state index is 12.6. The van der Waals surface area contributed by atoms with Gasteiger partial charge in [-0.1, -0.05) is 30.3 Å². The third-order valence-corrected chi connectivity index (χ3v) is 5.33. The van der Waals surface area contributed by atoms with Crippen LogP contribution in [0.5, 0.6) is 0 Å². The molecule has 0 atom stereocenters. The first-order valence-electron chi connectivity index (χ1n) is 10.6. The zero-order valence-electron chi connectivity index (χ0n) is 17.2. The van der Waals surface area contributed by atoms with Crippen LogP contribution in [0.4, 0.5) is 5.82 Å². The number of imidazole rings is 1. The molecule has 0 spiro atoms. The number of benzene rings is 2. The number of nitrogens with one attached hydrogen (secondary N) is 2. The van der Waals surface area contributed by atoms with E-state index in [-0.39, 0.29) is 5.91 Å². The van der Waals surface area contributed by atoms with Gasteiger partial charge in [0.2, 0.25) is 0 Å². The van der Waals surface area contributed by atoms with Gasteiger partial charge in [0.05, 0.1) is 17.4 Å². The zero-order valence-corrected chi connectivity index (χ0v) is 17.2. The molecule has 1 saturated carbocycles. The molecule has 0 unspecified atom stereocenters. The highest BCUT2D eigenvalue weighted by molar-refractivity contribution is 5.97. The molecule has 2 aromatic carbocycles. The third kappa shape index (κ3) is 4.55. The van der Waals surface area contributed by atoms with Gasteiger partial charge in [0, 0.05) is 42.7 Å². The molecule has 2 aromatic heterocycles. The van der Waals surface area contributed by atoms with Crippen LogP contribution in [-0.4, -0.2) is 38.0 Å². The number of aryl methyl sites for hydroxylation is 1. The average Bonchev–Trinajstić information content (AvgIpc) is 3.47. The van der Waals surface area contributed by atoms with Crippen LogP contribution in [0.15, 0.2) is 67.3 Å². The molecule has 4 aromatic rings. The van der Waals surface area contributed by atoms with E-state index in [1.807, 2.05) is 59.3 Å². The normalized spacial score (nSPS) is 13.3. The Morgan fingerprint density at radius 2 is 1.94 bits per heavy atom. The third-order valence-electron chi connectivity index (χ3n) is 5.33. The van der Waals surface area contributed by atoms with E-state index >= 15 is 0 Å². The van der Waals surface area contributed by atoms with Crippen LogP contribution in [-0.2, 0) is 6.54 Å². The topological polar surface area (TPSA) is 84.7 Å². The molecule has 2 N–H and O–H groups in total. The Labute approximate surface area is 180 Å². The highest BCUT2D eigenvalue weighted by atomic mass is 16.1. The second-order valence-electron chi connectivity index (χ2n) is 7.82. The van der Waals surface area contributed by atoms with Crippen molar-refractivity contribution in [3.05, 3.63) is 72.8 Å². The molecule has 0 aliphatic heterocycles. The monoisotopic (exact) mass is 412 g/mol. The fourth-order valence-electron chi connectivity index (χ4n) is 3.50. The molecule has 7 heteroatoms. The molecule has 1 aliphatic rings. The summed E-state index contributed by atoms with van der Waals surface area (Å²) >= 11 is 0. The van der Waals surface area contributed by atoms with Crippen molar-refractivity contribution in [2.45, 2.75) is 31.8 Å². The first kappa shape index (κ1) is 19.2. The Kier molecular flexibility index (Phi) is 5.31. The SMILES string of the molecule is O=C(NCCCn1ccnc1)c1ccc2nc(-c3ccccc3)c(NC3CC3)nc2c1. The first-order chi connectivity index (χ1) is 15.3. The lowest BCUT2D eigenvalue weighted by Crippen LogP contribution is -2.25. The number of hydrogen-bond acceptors (Lipinski definition) is 5. The van der Waals surface area contributed by atoms with Gasteiger partial charge in [-0.15, -0.1) is 0 Å². The predicted octanol–water partition coefficient (Wildman–Crippen LogP) is 3.89. The lowest BCUT2D eigenvalue weighted by atomic mass is 10.1. The quantitative estimate of drug-likeness (QED) is 0.429. The maximum Gasteiger partial charge on any atom is 0.251 e. The number of hydrogen-bond donors (Lipinski definition) is 2. The summed E-state index contributed by atoms with van der Waals surface area (Å²) in [4.78, 5) is 26.3. The predicted molar refractivity (Wildman–Crippen MR) is 121 cm³/mol. The van der Waals surface area contributed by atoms with Gasteiger partial charge in [0.25, 0.3) is 5.91 Å². The summed E-state index contributed by atoms with van der Waals surface area (Å²) in [6, 6.07) is 16.0. The average molecular weight is 412 g/mol.